The number of hydrogen-bond acceptors (Lipinski definition) is 14. The lowest BCUT2D eigenvalue weighted by molar-refractivity contribution is -0.354. The van der Waals surface area contributed by atoms with Gasteiger partial charge in [-0.25, -0.2) is 0 Å². The molecule has 3 aliphatic rings. The third kappa shape index (κ3) is 5.70. The molecule has 224 valence electrons. The van der Waals surface area contributed by atoms with E-state index in [-0.39, 0.29) is 29.2 Å². The van der Waals surface area contributed by atoms with Crippen LogP contribution in [0.1, 0.15) is 35.4 Å². The summed E-state index contributed by atoms with van der Waals surface area (Å²) in [6.07, 6.45) is -16.0. The minimum absolute atomic E-state index is 0.0149. The highest BCUT2D eigenvalue weighted by Crippen LogP contribution is 2.43. The van der Waals surface area contributed by atoms with E-state index in [1.807, 2.05) is 0 Å². The number of phenolic OH excluding ortho intramolecular Hbond substituents is 2. The van der Waals surface area contributed by atoms with Crippen LogP contribution in [-0.4, -0.2) is 115 Å². The summed E-state index contributed by atoms with van der Waals surface area (Å²) in [7, 11) is 0. The molecular formula is C27H32O14. The van der Waals surface area contributed by atoms with Crippen molar-refractivity contribution in [3.05, 3.63) is 47.5 Å². The van der Waals surface area contributed by atoms with E-state index in [2.05, 4.69) is 0 Å². The minimum atomic E-state index is -1.75. The second-order valence-electron chi connectivity index (χ2n) is 10.2. The van der Waals surface area contributed by atoms with Crippen LogP contribution in [0, 0.1) is 0 Å². The van der Waals surface area contributed by atoms with Crippen molar-refractivity contribution in [2.75, 3.05) is 6.61 Å². The Kier molecular flexibility index (Phi) is 8.39. The number of aliphatic hydroxyl groups is 6. The summed E-state index contributed by atoms with van der Waals surface area (Å²) >= 11 is 0. The van der Waals surface area contributed by atoms with Crippen LogP contribution in [-0.2, 0) is 14.2 Å². The highest BCUT2D eigenvalue weighted by molar-refractivity contribution is 6.02. The van der Waals surface area contributed by atoms with Crippen LogP contribution in [0.5, 0.6) is 23.0 Å². The maximum absolute atomic E-state index is 12.9. The van der Waals surface area contributed by atoms with Crippen LogP contribution in [0.3, 0.4) is 0 Å². The first-order valence-electron chi connectivity index (χ1n) is 13.0. The van der Waals surface area contributed by atoms with Gasteiger partial charge in [-0.1, -0.05) is 12.1 Å². The third-order valence-corrected chi connectivity index (χ3v) is 7.42. The van der Waals surface area contributed by atoms with E-state index in [1.54, 1.807) is 12.1 Å². The van der Waals surface area contributed by atoms with Gasteiger partial charge in [-0.3, -0.25) is 4.79 Å². The fraction of sp³-hybridized carbons (Fsp3) is 0.519. The van der Waals surface area contributed by atoms with Crippen LogP contribution >= 0.6 is 0 Å². The fourth-order valence-electron chi connectivity index (χ4n) is 5.07. The quantitative estimate of drug-likeness (QED) is 0.202. The van der Waals surface area contributed by atoms with Gasteiger partial charge in [0.2, 0.25) is 6.29 Å². The molecule has 3 aliphatic heterocycles. The smallest absolute Gasteiger partial charge is 0.229 e. The highest BCUT2D eigenvalue weighted by atomic mass is 16.8. The molecule has 0 amide bonds. The Morgan fingerprint density at radius 3 is 2.27 bits per heavy atom. The number of ketones is 1. The zero-order valence-corrected chi connectivity index (χ0v) is 21.8. The predicted octanol–water partition coefficient (Wildman–Crippen LogP) is -1.17. The number of hydrogen-bond donors (Lipinski definition) is 8. The van der Waals surface area contributed by atoms with Gasteiger partial charge in [-0.2, -0.15) is 0 Å². The van der Waals surface area contributed by atoms with E-state index in [0.29, 0.717) is 5.56 Å². The van der Waals surface area contributed by atoms with Gasteiger partial charge in [0.25, 0.3) is 0 Å². The van der Waals surface area contributed by atoms with Crippen LogP contribution in [0.15, 0.2) is 36.4 Å². The molecule has 2 aromatic carbocycles. The number of Topliss-reactive ketones (excluding diaryl/α,β-unsaturated/α-hetero) is 1. The standard InChI is InChI=1S/C27H32O14/c1-10-20(32)22(34)24(36)26(37-10)41-25-23(35)21(33)18(9-28)40-27(25)38-13-6-14(30)19-15(31)8-16(39-17(19)7-13)11-2-4-12(29)5-3-11/h2-7,10,16,18,20-30,32-36H,8-9H2,1H3/t10-,16-,18-,20-,21-,22+,23+,24-,25-,26+,27-/m1/s1. The molecule has 0 bridgehead atoms. The molecular weight excluding hydrogens is 548 g/mol. The van der Waals surface area contributed by atoms with Crippen LogP contribution < -0.4 is 9.47 Å². The number of carbonyl (C=O) groups excluding carboxylic acids is 1. The summed E-state index contributed by atoms with van der Waals surface area (Å²) < 4.78 is 28.6. The van der Waals surface area contributed by atoms with E-state index in [0.717, 1.165) is 6.07 Å². The SMILES string of the molecule is C[C@H]1O[C@@H](O[C@H]2[C@H](Oc3cc(O)c4c(c3)O[C@@H](c3ccc(O)cc3)CC4=O)O[C@H](CO)[C@@H](O)[C@@H]2O)[C@H](O)[C@@H](O)[C@@H]1O. The second-order valence-corrected chi connectivity index (χ2v) is 10.2. The number of ether oxygens (including phenoxy) is 5. The first-order chi connectivity index (χ1) is 19.5. The number of rotatable bonds is 6. The van der Waals surface area contributed by atoms with E-state index in [9.17, 15) is 45.6 Å². The molecule has 14 nitrogen and oxygen atoms in total. The average Bonchev–Trinajstić information content (AvgIpc) is 2.94. The second kappa shape index (κ2) is 11.7. The normalized spacial score (nSPS) is 37.2. The van der Waals surface area contributed by atoms with E-state index in [1.165, 1.54) is 25.1 Å². The summed E-state index contributed by atoms with van der Waals surface area (Å²) in [5.41, 5.74) is 0.529. The lowest BCUT2D eigenvalue weighted by Gasteiger charge is -2.45. The van der Waals surface area contributed by atoms with Crippen LogP contribution in [0.25, 0.3) is 0 Å². The molecule has 2 saturated heterocycles. The maximum atomic E-state index is 12.9. The maximum Gasteiger partial charge on any atom is 0.229 e. The zero-order chi connectivity index (χ0) is 29.6. The largest absolute Gasteiger partial charge is 0.508 e. The summed E-state index contributed by atoms with van der Waals surface area (Å²) in [4.78, 5) is 12.9. The molecule has 0 saturated carbocycles. The third-order valence-electron chi connectivity index (χ3n) is 7.42. The van der Waals surface area contributed by atoms with Gasteiger partial charge in [0.15, 0.2) is 18.2 Å². The van der Waals surface area contributed by atoms with E-state index < -0.39 is 85.7 Å². The molecule has 5 rings (SSSR count). The number of fused-ring (bicyclic) bond motifs is 1. The Hall–Kier alpha value is -3.05. The van der Waals surface area contributed by atoms with Gasteiger partial charge in [-0.15, -0.1) is 0 Å². The van der Waals surface area contributed by atoms with Crippen molar-refractivity contribution in [1.82, 2.24) is 0 Å². The topological polar surface area (TPSA) is 225 Å². The molecule has 0 aromatic heterocycles. The molecule has 2 aromatic rings. The van der Waals surface area contributed by atoms with Crippen molar-refractivity contribution in [3.63, 3.8) is 0 Å². The summed E-state index contributed by atoms with van der Waals surface area (Å²) in [5.74, 6) is -0.947. The minimum Gasteiger partial charge on any atom is -0.508 e. The van der Waals surface area contributed by atoms with E-state index >= 15 is 0 Å². The van der Waals surface area contributed by atoms with Gasteiger partial charge >= 0.3 is 0 Å². The Balaban J connectivity index is 1.41. The Bertz CT molecular complexity index is 1240. The average molecular weight is 581 g/mol. The number of aliphatic hydroxyl groups excluding tert-OH is 6. The fourth-order valence-corrected chi connectivity index (χ4v) is 5.07. The first kappa shape index (κ1) is 29.4. The zero-order valence-electron chi connectivity index (χ0n) is 21.8. The van der Waals surface area contributed by atoms with Crippen molar-refractivity contribution < 1.29 is 69.3 Å². The number of benzene rings is 2. The molecule has 0 aliphatic carbocycles. The highest BCUT2D eigenvalue weighted by Gasteiger charge is 2.51. The lowest BCUT2D eigenvalue weighted by atomic mass is 9.95. The van der Waals surface area contributed by atoms with Crippen molar-refractivity contribution in [1.29, 1.82) is 0 Å². The Morgan fingerprint density at radius 1 is 0.878 bits per heavy atom. The molecule has 3 heterocycles. The molecule has 41 heavy (non-hydrogen) atoms. The van der Waals surface area contributed by atoms with Crippen LogP contribution in [0.2, 0.25) is 0 Å². The predicted molar refractivity (Wildman–Crippen MR) is 134 cm³/mol. The number of aromatic hydroxyl groups is 2. The molecule has 14 heteroatoms. The number of phenols is 2. The molecule has 0 radical (unpaired) electrons. The lowest BCUT2D eigenvalue weighted by Crippen LogP contribution is -2.64. The van der Waals surface area contributed by atoms with Crippen LogP contribution in [0.4, 0.5) is 0 Å². The van der Waals surface area contributed by atoms with Crippen molar-refractivity contribution in [3.8, 4) is 23.0 Å². The van der Waals surface area contributed by atoms with Crippen molar-refractivity contribution in [2.24, 2.45) is 0 Å². The summed E-state index contributed by atoms with van der Waals surface area (Å²) in [6.45, 7) is 0.716. The van der Waals surface area contributed by atoms with Gasteiger partial charge in [0, 0.05) is 12.1 Å². The summed E-state index contributed by atoms with van der Waals surface area (Å²) in [6, 6.07) is 8.50. The van der Waals surface area contributed by atoms with E-state index in [4.69, 9.17) is 23.7 Å². The summed E-state index contributed by atoms with van der Waals surface area (Å²) in [5, 5.41) is 81.6. The Labute approximate surface area is 233 Å². The monoisotopic (exact) mass is 580 g/mol. The molecule has 11 atom stereocenters. The molecule has 8 N–H and O–H groups in total. The molecule has 2 fully saturated rings. The van der Waals surface area contributed by atoms with Gasteiger partial charge < -0.3 is 64.5 Å². The van der Waals surface area contributed by atoms with Gasteiger partial charge in [0.05, 0.1) is 19.1 Å². The van der Waals surface area contributed by atoms with Gasteiger partial charge in [0.1, 0.15) is 71.3 Å². The Morgan fingerprint density at radius 2 is 1.59 bits per heavy atom. The van der Waals surface area contributed by atoms with Crippen molar-refractivity contribution in [2.45, 2.75) is 80.9 Å². The van der Waals surface area contributed by atoms with Gasteiger partial charge in [-0.05, 0) is 24.6 Å². The molecule has 0 spiro atoms. The first-order valence-corrected chi connectivity index (χ1v) is 13.0. The van der Waals surface area contributed by atoms with Crippen molar-refractivity contribution >= 4 is 5.78 Å². The number of carbonyl (C=O) groups is 1. The molecule has 0 unspecified atom stereocenters.